The highest BCUT2D eigenvalue weighted by Crippen LogP contribution is 2.19. The van der Waals surface area contributed by atoms with E-state index in [2.05, 4.69) is 4.98 Å². The number of halogens is 1. The molecule has 1 aromatic heterocycles. The van der Waals surface area contributed by atoms with Gasteiger partial charge >= 0.3 is 0 Å². The number of nitrogens with two attached hydrogens (primary N) is 1. The average Bonchev–Trinajstić information content (AvgIpc) is 2.67. The molecule has 98 valence electrons. The Morgan fingerprint density at radius 1 is 1.50 bits per heavy atom. The van der Waals surface area contributed by atoms with Crippen LogP contribution in [-0.4, -0.2) is 28.8 Å². The molecule has 18 heavy (non-hydrogen) atoms. The highest BCUT2D eigenvalue weighted by molar-refractivity contribution is 5.76. The number of para-hydroxylation sites is 1. The van der Waals surface area contributed by atoms with Gasteiger partial charge in [-0.3, -0.25) is 0 Å². The first-order valence-electron chi connectivity index (χ1n) is 6.08. The maximum absolute atomic E-state index is 13.7. The van der Waals surface area contributed by atoms with Crippen molar-refractivity contribution in [1.82, 2.24) is 9.55 Å². The molecular weight excluding hydrogens is 233 g/mol. The fourth-order valence-electron chi connectivity index (χ4n) is 2.10. The summed E-state index contributed by atoms with van der Waals surface area (Å²) in [5.41, 5.74) is 6.84. The summed E-state index contributed by atoms with van der Waals surface area (Å²) in [5, 5.41) is 0. The van der Waals surface area contributed by atoms with Crippen molar-refractivity contribution in [3.8, 4) is 0 Å². The Morgan fingerprint density at radius 2 is 2.28 bits per heavy atom. The molecule has 0 aliphatic carbocycles. The van der Waals surface area contributed by atoms with E-state index >= 15 is 0 Å². The number of fused-ring (bicyclic) bond motifs is 1. The molecule has 0 aliphatic heterocycles. The van der Waals surface area contributed by atoms with Crippen molar-refractivity contribution in [2.24, 2.45) is 12.8 Å². The van der Waals surface area contributed by atoms with Crippen molar-refractivity contribution in [3.63, 3.8) is 0 Å². The summed E-state index contributed by atoms with van der Waals surface area (Å²) in [7, 11) is 1.81. The molecule has 1 atom stereocenters. The van der Waals surface area contributed by atoms with Crippen LogP contribution < -0.4 is 5.73 Å². The lowest BCUT2D eigenvalue weighted by atomic mass is 10.2. The molecule has 0 spiro atoms. The molecule has 4 nitrogen and oxygen atoms in total. The molecule has 2 N–H and O–H groups in total. The number of hydrogen-bond acceptors (Lipinski definition) is 3. The lowest BCUT2D eigenvalue weighted by Crippen LogP contribution is -2.27. The van der Waals surface area contributed by atoms with Crippen molar-refractivity contribution < 1.29 is 9.13 Å². The summed E-state index contributed by atoms with van der Waals surface area (Å²) >= 11 is 0. The summed E-state index contributed by atoms with van der Waals surface area (Å²) in [5.74, 6) is 0.536. The van der Waals surface area contributed by atoms with Gasteiger partial charge in [0.2, 0.25) is 0 Å². The fourth-order valence-corrected chi connectivity index (χ4v) is 2.10. The molecule has 0 aliphatic rings. The number of aromatic nitrogens is 2. The van der Waals surface area contributed by atoms with Crippen LogP contribution in [0.1, 0.15) is 12.7 Å². The van der Waals surface area contributed by atoms with Crippen molar-refractivity contribution in [1.29, 1.82) is 0 Å². The summed E-state index contributed by atoms with van der Waals surface area (Å²) in [4.78, 5) is 4.43. The lowest BCUT2D eigenvalue weighted by molar-refractivity contribution is 0.0677. The van der Waals surface area contributed by atoms with Crippen LogP contribution in [0.5, 0.6) is 0 Å². The third-order valence-corrected chi connectivity index (χ3v) is 3.01. The van der Waals surface area contributed by atoms with Gasteiger partial charge in [0.1, 0.15) is 17.2 Å². The Morgan fingerprint density at radius 3 is 2.89 bits per heavy atom. The molecule has 0 saturated carbocycles. The summed E-state index contributed by atoms with van der Waals surface area (Å²) in [6.07, 6.45) is 0.517. The van der Waals surface area contributed by atoms with Crippen LogP contribution >= 0.6 is 0 Å². The molecule has 0 radical (unpaired) electrons. The first-order valence-corrected chi connectivity index (χ1v) is 6.08. The second kappa shape index (κ2) is 5.46. The molecule has 0 fully saturated rings. The van der Waals surface area contributed by atoms with Gasteiger partial charge in [-0.15, -0.1) is 0 Å². The van der Waals surface area contributed by atoms with E-state index in [1.165, 1.54) is 6.07 Å². The molecular formula is C13H18FN3O. The van der Waals surface area contributed by atoms with Gasteiger partial charge in [0.05, 0.1) is 11.6 Å². The molecule has 1 aromatic carbocycles. The van der Waals surface area contributed by atoms with Gasteiger partial charge < -0.3 is 15.0 Å². The largest absolute Gasteiger partial charge is 0.377 e. The molecule has 0 saturated heterocycles. The maximum Gasteiger partial charge on any atom is 0.149 e. The van der Waals surface area contributed by atoms with Crippen molar-refractivity contribution in [2.75, 3.05) is 13.2 Å². The van der Waals surface area contributed by atoms with Crippen LogP contribution in [0.25, 0.3) is 11.0 Å². The van der Waals surface area contributed by atoms with Gasteiger partial charge in [-0.25, -0.2) is 9.37 Å². The van der Waals surface area contributed by atoms with Gasteiger partial charge in [-0.1, -0.05) is 6.07 Å². The number of nitrogens with zero attached hydrogens (tertiary/aromatic N) is 2. The Labute approximate surface area is 106 Å². The zero-order valence-corrected chi connectivity index (χ0v) is 10.7. The van der Waals surface area contributed by atoms with E-state index in [1.807, 2.05) is 14.0 Å². The molecule has 0 bridgehead atoms. The minimum absolute atomic E-state index is 0.0754. The third-order valence-electron chi connectivity index (χ3n) is 3.01. The van der Waals surface area contributed by atoms with Gasteiger partial charge in [0, 0.05) is 26.6 Å². The summed E-state index contributed by atoms with van der Waals surface area (Å²) < 4.78 is 21.0. The molecule has 0 amide bonds. The molecule has 1 unspecified atom stereocenters. The quantitative estimate of drug-likeness (QED) is 0.878. The van der Waals surface area contributed by atoms with E-state index < -0.39 is 0 Å². The average molecular weight is 251 g/mol. The van der Waals surface area contributed by atoms with Crippen LogP contribution in [-0.2, 0) is 18.2 Å². The monoisotopic (exact) mass is 251 g/mol. The fraction of sp³-hybridized carbons (Fsp3) is 0.462. The van der Waals surface area contributed by atoms with Crippen LogP contribution in [0.15, 0.2) is 18.2 Å². The van der Waals surface area contributed by atoms with Crippen LogP contribution in [0.4, 0.5) is 4.39 Å². The van der Waals surface area contributed by atoms with E-state index in [0.717, 1.165) is 5.82 Å². The topological polar surface area (TPSA) is 53.1 Å². The van der Waals surface area contributed by atoms with E-state index in [-0.39, 0.29) is 11.9 Å². The highest BCUT2D eigenvalue weighted by Gasteiger charge is 2.15. The number of imidazole rings is 1. The predicted molar refractivity (Wildman–Crippen MR) is 68.8 cm³/mol. The first kappa shape index (κ1) is 13.0. The third kappa shape index (κ3) is 2.37. The highest BCUT2D eigenvalue weighted by atomic mass is 19.1. The number of ether oxygens (including phenoxy) is 1. The van der Waals surface area contributed by atoms with E-state index in [1.54, 1.807) is 16.7 Å². The first-order chi connectivity index (χ1) is 8.67. The van der Waals surface area contributed by atoms with E-state index in [4.69, 9.17) is 10.5 Å². The van der Waals surface area contributed by atoms with Crippen LogP contribution in [0.2, 0.25) is 0 Å². The van der Waals surface area contributed by atoms with E-state index in [9.17, 15) is 4.39 Å². The van der Waals surface area contributed by atoms with Gasteiger partial charge in [-0.2, -0.15) is 0 Å². The molecule has 1 heterocycles. The lowest BCUT2D eigenvalue weighted by Gasteiger charge is -2.14. The SMILES string of the molecule is CCOC(CN)Cc1nc2cccc(F)c2n1C. The number of hydrogen-bond donors (Lipinski definition) is 1. The second-order valence-electron chi connectivity index (χ2n) is 4.21. The molecule has 2 aromatic rings. The Bertz CT molecular complexity index is 538. The minimum Gasteiger partial charge on any atom is -0.377 e. The number of aryl methyl sites for hydroxylation is 1. The molecule has 2 rings (SSSR count). The second-order valence-corrected chi connectivity index (χ2v) is 4.21. The standard InChI is InChI=1S/C13H18FN3O/c1-3-18-9(8-15)7-12-16-11-6-4-5-10(14)13(11)17(12)2/h4-6,9H,3,7-8,15H2,1-2H3. The van der Waals surface area contributed by atoms with Crippen molar-refractivity contribution in [3.05, 3.63) is 29.8 Å². The van der Waals surface area contributed by atoms with Gasteiger partial charge in [0.15, 0.2) is 0 Å². The van der Waals surface area contributed by atoms with Crippen molar-refractivity contribution >= 4 is 11.0 Å². The van der Waals surface area contributed by atoms with Gasteiger partial charge in [0.25, 0.3) is 0 Å². The van der Waals surface area contributed by atoms with Crippen molar-refractivity contribution in [2.45, 2.75) is 19.4 Å². The minimum atomic E-state index is -0.255. The number of benzene rings is 1. The Balaban J connectivity index is 2.34. The van der Waals surface area contributed by atoms with E-state index in [0.29, 0.717) is 30.6 Å². The van der Waals surface area contributed by atoms with Gasteiger partial charge in [-0.05, 0) is 19.1 Å². The summed E-state index contributed by atoms with van der Waals surface area (Å²) in [6, 6.07) is 4.91. The summed E-state index contributed by atoms with van der Waals surface area (Å²) in [6.45, 7) is 2.97. The molecule has 5 heteroatoms. The normalized spacial score (nSPS) is 13.1. The maximum atomic E-state index is 13.7. The van der Waals surface area contributed by atoms with Crippen LogP contribution in [0, 0.1) is 5.82 Å². The van der Waals surface area contributed by atoms with Crippen LogP contribution in [0.3, 0.4) is 0 Å². The number of rotatable bonds is 5. The smallest absolute Gasteiger partial charge is 0.149 e. The Hall–Kier alpha value is -1.46. The zero-order chi connectivity index (χ0) is 13.1. The predicted octanol–water partition coefficient (Wildman–Crippen LogP) is 1.62. The Kier molecular flexibility index (Phi) is 3.93. The zero-order valence-electron chi connectivity index (χ0n) is 10.7.